The highest BCUT2D eigenvalue weighted by Crippen LogP contribution is 2.20. The summed E-state index contributed by atoms with van der Waals surface area (Å²) in [6, 6.07) is 5.91. The van der Waals surface area contributed by atoms with Crippen molar-refractivity contribution in [3.8, 4) is 0 Å². The number of hydrazine groups is 1. The number of hydrogen-bond donors (Lipinski definition) is 2. The summed E-state index contributed by atoms with van der Waals surface area (Å²) in [5.74, 6) is 7.32. The molecule has 0 aliphatic heterocycles. The molecular weight excluding hydrogens is 216 g/mol. The largest absolute Gasteiger partial charge is 0.465 e. The Balaban J connectivity index is 2.18. The zero-order valence-electron chi connectivity index (χ0n) is 10.4. The summed E-state index contributed by atoms with van der Waals surface area (Å²) >= 11 is 0. The lowest BCUT2D eigenvalue weighted by molar-refractivity contribution is 0.398. The van der Waals surface area contributed by atoms with Crippen molar-refractivity contribution in [2.24, 2.45) is 12.9 Å². The average Bonchev–Trinajstić information content (AvgIpc) is 2.82. The molecule has 1 unspecified atom stereocenters. The minimum Gasteiger partial charge on any atom is -0.465 e. The van der Waals surface area contributed by atoms with E-state index >= 15 is 0 Å². The molecule has 0 aliphatic rings. The van der Waals surface area contributed by atoms with Gasteiger partial charge in [0.25, 0.3) is 0 Å². The molecule has 5 nitrogen and oxygen atoms in total. The van der Waals surface area contributed by atoms with Gasteiger partial charge < -0.3 is 4.42 Å². The SMILES string of the molecule is Cc1cc(CC(NN)c2ccc(C)o2)n(C)n1. The van der Waals surface area contributed by atoms with Gasteiger partial charge in [-0.25, -0.2) is 5.43 Å². The van der Waals surface area contributed by atoms with Gasteiger partial charge in [-0.3, -0.25) is 10.5 Å². The molecule has 0 bridgehead atoms. The number of furan rings is 1. The highest BCUT2D eigenvalue weighted by Gasteiger charge is 2.16. The van der Waals surface area contributed by atoms with Crippen LogP contribution in [0.15, 0.2) is 22.6 Å². The van der Waals surface area contributed by atoms with Crippen molar-refractivity contribution in [3.63, 3.8) is 0 Å². The van der Waals surface area contributed by atoms with E-state index in [9.17, 15) is 0 Å². The third-order valence-electron chi connectivity index (χ3n) is 2.82. The lowest BCUT2D eigenvalue weighted by Crippen LogP contribution is -2.29. The maximum atomic E-state index is 5.58. The van der Waals surface area contributed by atoms with E-state index in [2.05, 4.69) is 16.6 Å². The molecule has 17 heavy (non-hydrogen) atoms. The van der Waals surface area contributed by atoms with Gasteiger partial charge in [-0.05, 0) is 32.0 Å². The first kappa shape index (κ1) is 11.9. The Hall–Kier alpha value is -1.59. The number of hydrogen-bond acceptors (Lipinski definition) is 4. The molecule has 2 aromatic rings. The minimum atomic E-state index is -0.0292. The van der Waals surface area contributed by atoms with E-state index < -0.39 is 0 Å². The topological polar surface area (TPSA) is 69.0 Å². The van der Waals surface area contributed by atoms with Gasteiger partial charge in [-0.15, -0.1) is 0 Å². The molecule has 5 heteroatoms. The number of nitrogens with one attached hydrogen (secondary N) is 1. The van der Waals surface area contributed by atoms with Gasteiger partial charge >= 0.3 is 0 Å². The van der Waals surface area contributed by atoms with Crippen molar-refractivity contribution in [1.82, 2.24) is 15.2 Å². The second kappa shape index (κ2) is 4.73. The first-order valence-corrected chi connectivity index (χ1v) is 5.62. The van der Waals surface area contributed by atoms with Crippen LogP contribution in [0.5, 0.6) is 0 Å². The summed E-state index contributed by atoms with van der Waals surface area (Å²) in [5, 5.41) is 4.31. The molecule has 92 valence electrons. The number of rotatable bonds is 4. The monoisotopic (exact) mass is 234 g/mol. The van der Waals surface area contributed by atoms with Crippen LogP contribution in [-0.2, 0) is 13.5 Å². The van der Waals surface area contributed by atoms with Crippen LogP contribution in [0.1, 0.15) is 29.0 Å². The van der Waals surface area contributed by atoms with Crippen molar-refractivity contribution in [3.05, 3.63) is 41.1 Å². The van der Waals surface area contributed by atoms with Crippen molar-refractivity contribution in [2.45, 2.75) is 26.3 Å². The molecule has 0 saturated heterocycles. The molecule has 1 atom stereocenters. The number of nitrogens with two attached hydrogens (primary N) is 1. The van der Waals surface area contributed by atoms with Crippen molar-refractivity contribution < 1.29 is 4.42 Å². The van der Waals surface area contributed by atoms with Crippen LogP contribution in [0.2, 0.25) is 0 Å². The van der Waals surface area contributed by atoms with Gasteiger partial charge in [-0.2, -0.15) is 5.10 Å². The summed E-state index contributed by atoms with van der Waals surface area (Å²) in [4.78, 5) is 0. The van der Waals surface area contributed by atoms with Crippen molar-refractivity contribution in [2.75, 3.05) is 0 Å². The predicted molar refractivity (Wildman–Crippen MR) is 65.2 cm³/mol. The van der Waals surface area contributed by atoms with Gasteiger partial charge in [0.05, 0.1) is 11.7 Å². The maximum Gasteiger partial charge on any atom is 0.122 e. The Morgan fingerprint density at radius 2 is 2.24 bits per heavy atom. The molecule has 2 aromatic heterocycles. The molecule has 0 radical (unpaired) electrons. The average molecular weight is 234 g/mol. The summed E-state index contributed by atoms with van der Waals surface area (Å²) < 4.78 is 7.45. The Morgan fingerprint density at radius 3 is 2.71 bits per heavy atom. The van der Waals surface area contributed by atoms with Crippen molar-refractivity contribution >= 4 is 0 Å². The van der Waals surface area contributed by atoms with E-state index in [4.69, 9.17) is 10.3 Å². The third-order valence-corrected chi connectivity index (χ3v) is 2.82. The highest BCUT2D eigenvalue weighted by atomic mass is 16.3. The zero-order valence-corrected chi connectivity index (χ0v) is 10.4. The standard InChI is InChI=1S/C12H18N4O/c1-8-6-10(16(3)15-8)7-11(14-13)12-5-4-9(2)17-12/h4-6,11,14H,7,13H2,1-3H3. The molecular formula is C12H18N4O. The zero-order chi connectivity index (χ0) is 12.4. The molecule has 0 fully saturated rings. The quantitative estimate of drug-likeness (QED) is 0.619. The van der Waals surface area contributed by atoms with Gasteiger partial charge in [0, 0.05) is 19.2 Å². The van der Waals surface area contributed by atoms with Crippen LogP contribution in [0.4, 0.5) is 0 Å². The van der Waals surface area contributed by atoms with Crippen LogP contribution in [0.3, 0.4) is 0 Å². The lowest BCUT2D eigenvalue weighted by atomic mass is 10.1. The van der Waals surface area contributed by atoms with Crippen LogP contribution < -0.4 is 11.3 Å². The normalized spacial score (nSPS) is 12.9. The van der Waals surface area contributed by atoms with Gasteiger partial charge in [0.2, 0.25) is 0 Å². The highest BCUT2D eigenvalue weighted by molar-refractivity contribution is 5.15. The number of aromatic nitrogens is 2. The molecule has 2 rings (SSSR count). The summed E-state index contributed by atoms with van der Waals surface area (Å²) in [6.45, 7) is 3.90. The molecule has 2 heterocycles. The van der Waals surface area contributed by atoms with Crippen molar-refractivity contribution in [1.29, 1.82) is 0 Å². The Bertz CT molecular complexity index is 500. The fourth-order valence-electron chi connectivity index (χ4n) is 1.95. The molecule has 0 aromatic carbocycles. The second-order valence-electron chi connectivity index (χ2n) is 4.27. The van der Waals surface area contributed by atoms with Gasteiger partial charge in [-0.1, -0.05) is 0 Å². The number of nitrogens with zero attached hydrogens (tertiary/aromatic N) is 2. The summed E-state index contributed by atoms with van der Waals surface area (Å²) in [7, 11) is 1.93. The van der Waals surface area contributed by atoms with E-state index in [1.807, 2.05) is 37.7 Å². The van der Waals surface area contributed by atoms with E-state index in [1.165, 1.54) is 0 Å². The molecule has 0 aliphatic carbocycles. The Labute approximate surface area is 101 Å². The van der Waals surface area contributed by atoms with Crippen LogP contribution >= 0.6 is 0 Å². The first-order valence-electron chi connectivity index (χ1n) is 5.62. The minimum absolute atomic E-state index is 0.0292. The Kier molecular flexibility index (Phi) is 3.31. The first-order chi connectivity index (χ1) is 8.10. The van der Waals surface area contributed by atoms with E-state index in [0.29, 0.717) is 0 Å². The van der Waals surface area contributed by atoms with Gasteiger partial charge in [0.1, 0.15) is 11.5 Å². The van der Waals surface area contributed by atoms with E-state index in [1.54, 1.807) is 0 Å². The predicted octanol–water partition coefficient (Wildman–Crippen LogP) is 1.38. The van der Waals surface area contributed by atoms with Gasteiger partial charge in [0.15, 0.2) is 0 Å². The van der Waals surface area contributed by atoms with Crippen LogP contribution in [0.25, 0.3) is 0 Å². The second-order valence-corrected chi connectivity index (χ2v) is 4.27. The fraction of sp³-hybridized carbons (Fsp3) is 0.417. The number of aryl methyl sites for hydroxylation is 3. The lowest BCUT2D eigenvalue weighted by Gasteiger charge is -2.13. The Morgan fingerprint density at radius 1 is 1.47 bits per heavy atom. The van der Waals surface area contributed by atoms with Crippen LogP contribution in [-0.4, -0.2) is 9.78 Å². The third kappa shape index (κ3) is 2.57. The summed E-state index contributed by atoms with van der Waals surface area (Å²) in [6.07, 6.45) is 0.751. The smallest absolute Gasteiger partial charge is 0.122 e. The molecule has 0 saturated carbocycles. The maximum absolute atomic E-state index is 5.58. The summed E-state index contributed by atoms with van der Waals surface area (Å²) in [5.41, 5.74) is 4.91. The van der Waals surface area contributed by atoms with E-state index in [-0.39, 0.29) is 6.04 Å². The van der Waals surface area contributed by atoms with Crippen LogP contribution in [0, 0.1) is 13.8 Å². The molecule has 3 N–H and O–H groups in total. The van der Waals surface area contributed by atoms with E-state index in [0.717, 1.165) is 29.3 Å². The molecule has 0 amide bonds. The fourth-order valence-corrected chi connectivity index (χ4v) is 1.95. The molecule has 0 spiro atoms.